The molecule has 0 saturated heterocycles. The molecular weight excluding hydrogens is 148 g/mol. The van der Waals surface area contributed by atoms with Gasteiger partial charge in [-0.1, -0.05) is 6.08 Å². The molecule has 1 aliphatic heterocycles. The summed E-state index contributed by atoms with van der Waals surface area (Å²) in [5, 5.41) is 2.96. The van der Waals surface area contributed by atoms with E-state index in [0.717, 1.165) is 0 Å². The molecule has 0 spiro atoms. The summed E-state index contributed by atoms with van der Waals surface area (Å²) >= 11 is 1.51. The minimum atomic E-state index is -0.0643. The molecule has 2 amide bonds. The van der Waals surface area contributed by atoms with Crippen LogP contribution in [0.15, 0.2) is 12.3 Å². The highest BCUT2D eigenvalue weighted by atomic mass is 32.2. The van der Waals surface area contributed by atoms with Crippen LogP contribution in [0.5, 0.6) is 0 Å². The maximum Gasteiger partial charge on any atom is 0.331 e. The summed E-state index contributed by atoms with van der Waals surface area (Å²) in [5.41, 5.74) is 0. The van der Waals surface area contributed by atoms with Gasteiger partial charge in [-0.15, -0.1) is 0 Å². The highest BCUT2D eigenvalue weighted by Crippen LogP contribution is 2.24. The third-order valence-electron chi connectivity index (χ3n) is 1.19. The van der Waals surface area contributed by atoms with Gasteiger partial charge in [0.15, 0.2) is 0 Å². The molecule has 0 radical (unpaired) electrons. The largest absolute Gasteiger partial charge is 0.340 e. The second-order valence-corrected chi connectivity index (χ2v) is 3.38. The summed E-state index contributed by atoms with van der Waals surface area (Å²) < 4.78 is 1.59. The first-order valence-electron chi connectivity index (χ1n) is 3.10. The molecule has 0 aromatic rings. The van der Waals surface area contributed by atoms with Crippen molar-refractivity contribution in [2.45, 2.75) is 12.2 Å². The Hall–Kier alpha value is -0.640. The summed E-state index contributed by atoms with van der Waals surface area (Å²) in [4.78, 5) is 10.9. The second-order valence-electron chi connectivity index (χ2n) is 2.03. The van der Waals surface area contributed by atoms with Gasteiger partial charge >= 0.3 is 6.03 Å². The van der Waals surface area contributed by atoms with Gasteiger partial charge in [-0.05, 0) is 18.9 Å². The number of carbonyl (C=O) groups is 1. The molecule has 56 valence electrons. The van der Waals surface area contributed by atoms with E-state index in [4.69, 9.17) is 0 Å². The predicted octanol–water partition coefficient (Wildman–Crippen LogP) is 1.19. The molecule has 0 saturated carbocycles. The average Bonchev–Trinajstić information content (AvgIpc) is 2.34. The number of amides is 2. The van der Waals surface area contributed by atoms with Crippen LogP contribution >= 0.6 is 11.9 Å². The Morgan fingerprint density at radius 1 is 1.80 bits per heavy atom. The van der Waals surface area contributed by atoms with Gasteiger partial charge in [0.25, 0.3) is 0 Å². The van der Waals surface area contributed by atoms with E-state index >= 15 is 0 Å². The van der Waals surface area contributed by atoms with E-state index in [2.05, 4.69) is 5.32 Å². The number of hydrogen-bond acceptors (Lipinski definition) is 2. The molecular formula is C6H10N2OS. The first kappa shape index (κ1) is 7.47. The molecule has 1 aliphatic rings. The van der Waals surface area contributed by atoms with Gasteiger partial charge in [0.05, 0.1) is 0 Å². The Bertz CT molecular complexity index is 169. The molecule has 0 aliphatic carbocycles. The molecule has 1 heterocycles. The fourth-order valence-corrected chi connectivity index (χ4v) is 1.50. The quantitative estimate of drug-likeness (QED) is 0.537. The van der Waals surface area contributed by atoms with Crippen molar-refractivity contribution >= 4 is 18.0 Å². The SMILES string of the molecule is CNC(=O)N1C=CC(C)S1. The fourth-order valence-electron chi connectivity index (χ4n) is 0.675. The topological polar surface area (TPSA) is 32.3 Å². The molecule has 4 heteroatoms. The second kappa shape index (κ2) is 2.96. The van der Waals surface area contributed by atoms with Crippen molar-refractivity contribution in [1.82, 2.24) is 9.62 Å². The number of hydrogen-bond donors (Lipinski definition) is 1. The monoisotopic (exact) mass is 158 g/mol. The lowest BCUT2D eigenvalue weighted by molar-refractivity contribution is 0.236. The van der Waals surface area contributed by atoms with Crippen LogP contribution in [0.4, 0.5) is 4.79 Å². The zero-order chi connectivity index (χ0) is 7.56. The minimum absolute atomic E-state index is 0.0643. The molecule has 1 atom stereocenters. The van der Waals surface area contributed by atoms with Crippen molar-refractivity contribution < 1.29 is 4.79 Å². The van der Waals surface area contributed by atoms with Gasteiger partial charge in [0.1, 0.15) is 0 Å². The fraction of sp³-hybridized carbons (Fsp3) is 0.500. The number of nitrogens with zero attached hydrogens (tertiary/aromatic N) is 1. The average molecular weight is 158 g/mol. The molecule has 0 fully saturated rings. The lowest BCUT2D eigenvalue weighted by atomic mass is 10.5. The van der Waals surface area contributed by atoms with E-state index in [0.29, 0.717) is 5.25 Å². The Morgan fingerprint density at radius 3 is 2.90 bits per heavy atom. The van der Waals surface area contributed by atoms with E-state index in [1.54, 1.807) is 17.6 Å². The Balaban J connectivity index is 2.46. The number of urea groups is 1. The molecule has 0 bridgehead atoms. The third-order valence-corrected chi connectivity index (χ3v) is 2.19. The normalized spacial score (nSPS) is 23.4. The van der Waals surface area contributed by atoms with Gasteiger partial charge in [0, 0.05) is 18.5 Å². The Labute approximate surface area is 64.6 Å². The van der Waals surface area contributed by atoms with Crippen LogP contribution in [0.3, 0.4) is 0 Å². The van der Waals surface area contributed by atoms with E-state index in [9.17, 15) is 4.79 Å². The van der Waals surface area contributed by atoms with Crippen molar-refractivity contribution in [3.63, 3.8) is 0 Å². The zero-order valence-corrected chi connectivity index (χ0v) is 6.81. The van der Waals surface area contributed by atoms with E-state index in [1.165, 1.54) is 11.9 Å². The minimum Gasteiger partial charge on any atom is -0.340 e. The van der Waals surface area contributed by atoms with Gasteiger partial charge < -0.3 is 5.32 Å². The Morgan fingerprint density at radius 2 is 2.50 bits per heavy atom. The lowest BCUT2D eigenvalue weighted by Gasteiger charge is -2.11. The van der Waals surface area contributed by atoms with Gasteiger partial charge in [-0.25, -0.2) is 9.10 Å². The summed E-state index contributed by atoms with van der Waals surface area (Å²) in [7, 11) is 1.62. The summed E-state index contributed by atoms with van der Waals surface area (Å²) in [6.07, 6.45) is 3.77. The van der Waals surface area contributed by atoms with Crippen LogP contribution in [0.1, 0.15) is 6.92 Å². The smallest absolute Gasteiger partial charge is 0.331 e. The van der Waals surface area contributed by atoms with Crippen molar-refractivity contribution in [2.24, 2.45) is 0 Å². The third kappa shape index (κ3) is 1.44. The summed E-state index contributed by atoms with van der Waals surface area (Å²) in [6, 6.07) is -0.0643. The lowest BCUT2D eigenvalue weighted by Crippen LogP contribution is -2.28. The van der Waals surface area contributed by atoms with Crippen LogP contribution in [0, 0.1) is 0 Å². The first-order chi connectivity index (χ1) is 4.74. The van der Waals surface area contributed by atoms with Gasteiger partial charge in [-0.3, -0.25) is 0 Å². The van der Waals surface area contributed by atoms with E-state index in [1.807, 2.05) is 13.0 Å². The first-order valence-corrected chi connectivity index (χ1v) is 3.93. The molecule has 3 nitrogen and oxygen atoms in total. The van der Waals surface area contributed by atoms with E-state index in [-0.39, 0.29) is 6.03 Å². The molecule has 1 unspecified atom stereocenters. The number of nitrogens with one attached hydrogen (secondary N) is 1. The van der Waals surface area contributed by atoms with Crippen molar-refractivity contribution in [1.29, 1.82) is 0 Å². The van der Waals surface area contributed by atoms with Gasteiger partial charge in [0.2, 0.25) is 0 Å². The molecule has 1 rings (SSSR count). The predicted molar refractivity (Wildman–Crippen MR) is 42.5 cm³/mol. The standard InChI is InChI=1S/C6H10N2OS/c1-5-3-4-8(10-5)6(9)7-2/h3-5H,1-2H3,(H,7,9). The van der Waals surface area contributed by atoms with Crippen LogP contribution < -0.4 is 5.32 Å². The van der Waals surface area contributed by atoms with Crippen LogP contribution in [-0.4, -0.2) is 22.6 Å². The van der Waals surface area contributed by atoms with Crippen molar-refractivity contribution in [3.8, 4) is 0 Å². The number of rotatable bonds is 0. The highest BCUT2D eigenvalue weighted by Gasteiger charge is 2.17. The van der Waals surface area contributed by atoms with Crippen LogP contribution in [-0.2, 0) is 0 Å². The summed E-state index contributed by atoms with van der Waals surface area (Å²) in [6.45, 7) is 2.05. The van der Waals surface area contributed by atoms with Gasteiger partial charge in [-0.2, -0.15) is 0 Å². The molecule has 1 N–H and O–H groups in total. The van der Waals surface area contributed by atoms with Crippen molar-refractivity contribution in [3.05, 3.63) is 12.3 Å². The zero-order valence-electron chi connectivity index (χ0n) is 6.00. The molecule has 0 aromatic heterocycles. The molecule has 0 aromatic carbocycles. The summed E-state index contributed by atoms with van der Waals surface area (Å²) in [5.74, 6) is 0. The Kier molecular flexibility index (Phi) is 2.21. The molecule has 10 heavy (non-hydrogen) atoms. The number of carbonyl (C=O) groups excluding carboxylic acids is 1. The van der Waals surface area contributed by atoms with Crippen LogP contribution in [0.2, 0.25) is 0 Å². The van der Waals surface area contributed by atoms with Crippen molar-refractivity contribution in [2.75, 3.05) is 7.05 Å². The van der Waals surface area contributed by atoms with Crippen LogP contribution in [0.25, 0.3) is 0 Å². The maximum absolute atomic E-state index is 10.9. The highest BCUT2D eigenvalue weighted by molar-refractivity contribution is 7.98. The van der Waals surface area contributed by atoms with E-state index < -0.39 is 0 Å². The maximum atomic E-state index is 10.9.